The van der Waals surface area contributed by atoms with Gasteiger partial charge in [-0.1, -0.05) is 66.7 Å². The average molecular weight is 467 g/mol. The Kier molecular flexibility index (Phi) is 8.26. The van der Waals surface area contributed by atoms with Gasteiger partial charge >= 0.3 is 5.97 Å². The predicted molar refractivity (Wildman–Crippen MR) is 126 cm³/mol. The summed E-state index contributed by atoms with van der Waals surface area (Å²) in [6.45, 7) is 2.01. The SMILES string of the molecule is COC1OC(COCc2ccc3ccccc3c2)[C@H](O)[C@H](OCc2ccccc2)[C@H]1OC(C)=O. The van der Waals surface area contributed by atoms with E-state index in [0.717, 1.165) is 21.9 Å². The first-order chi connectivity index (χ1) is 16.5. The lowest BCUT2D eigenvalue weighted by atomic mass is 9.98. The Morgan fingerprint density at radius 2 is 1.65 bits per heavy atom. The van der Waals surface area contributed by atoms with Crippen LogP contribution in [0.5, 0.6) is 0 Å². The third-order valence-electron chi connectivity index (χ3n) is 5.80. The third-order valence-corrected chi connectivity index (χ3v) is 5.80. The molecular formula is C27H30O7. The van der Waals surface area contributed by atoms with Crippen molar-refractivity contribution in [3.05, 3.63) is 83.9 Å². The Labute approximate surface area is 199 Å². The van der Waals surface area contributed by atoms with Crippen LogP contribution in [0.3, 0.4) is 0 Å². The molecule has 1 N–H and O–H groups in total. The molecule has 0 saturated carbocycles. The molecule has 7 heteroatoms. The van der Waals surface area contributed by atoms with E-state index in [1.807, 2.05) is 48.5 Å². The van der Waals surface area contributed by atoms with Crippen LogP contribution in [0.1, 0.15) is 18.1 Å². The number of aliphatic hydroxyl groups excluding tert-OH is 1. The van der Waals surface area contributed by atoms with E-state index in [0.29, 0.717) is 6.61 Å². The zero-order chi connectivity index (χ0) is 23.9. The maximum Gasteiger partial charge on any atom is 0.303 e. The second-order valence-electron chi connectivity index (χ2n) is 8.30. The molecule has 2 unspecified atom stereocenters. The summed E-state index contributed by atoms with van der Waals surface area (Å²) in [5.41, 5.74) is 1.95. The summed E-state index contributed by atoms with van der Waals surface area (Å²) < 4.78 is 28.7. The van der Waals surface area contributed by atoms with Crippen molar-refractivity contribution in [1.82, 2.24) is 0 Å². The molecule has 3 aromatic rings. The van der Waals surface area contributed by atoms with Gasteiger partial charge in [-0.2, -0.15) is 0 Å². The molecule has 7 nitrogen and oxygen atoms in total. The molecule has 5 atom stereocenters. The van der Waals surface area contributed by atoms with Gasteiger partial charge in [0.15, 0.2) is 12.4 Å². The number of ether oxygens (including phenoxy) is 5. The van der Waals surface area contributed by atoms with Gasteiger partial charge in [0.05, 0.1) is 19.8 Å². The van der Waals surface area contributed by atoms with Crippen molar-refractivity contribution in [2.75, 3.05) is 13.7 Å². The number of carbonyl (C=O) groups is 1. The van der Waals surface area contributed by atoms with Crippen molar-refractivity contribution in [2.45, 2.75) is 50.8 Å². The molecule has 0 radical (unpaired) electrons. The minimum Gasteiger partial charge on any atom is -0.454 e. The summed E-state index contributed by atoms with van der Waals surface area (Å²) in [4.78, 5) is 11.7. The summed E-state index contributed by atoms with van der Waals surface area (Å²) in [5.74, 6) is -0.512. The standard InChI is InChI=1S/C27H30O7/c1-18(28)33-26-25(32-16-19-8-4-3-5-9-19)24(29)23(34-27(26)30-2)17-31-15-20-12-13-21-10-6-7-11-22(21)14-20/h3-14,23-27,29H,15-17H2,1-2H3/t23?,24-,25-,26+,27?/m0/s1. The van der Waals surface area contributed by atoms with E-state index in [1.165, 1.54) is 14.0 Å². The maximum atomic E-state index is 11.7. The van der Waals surface area contributed by atoms with Crippen LogP contribution in [-0.4, -0.2) is 55.5 Å². The molecule has 1 fully saturated rings. The summed E-state index contributed by atoms with van der Waals surface area (Å²) >= 11 is 0. The first kappa shape index (κ1) is 24.3. The fraction of sp³-hybridized carbons (Fsp3) is 0.370. The van der Waals surface area contributed by atoms with Crippen molar-refractivity contribution in [3.63, 3.8) is 0 Å². The summed E-state index contributed by atoms with van der Waals surface area (Å²) in [6, 6.07) is 23.8. The van der Waals surface area contributed by atoms with Crippen molar-refractivity contribution in [1.29, 1.82) is 0 Å². The molecule has 0 amide bonds. The van der Waals surface area contributed by atoms with Gasteiger partial charge in [-0.3, -0.25) is 4.79 Å². The number of hydrogen-bond donors (Lipinski definition) is 1. The van der Waals surface area contributed by atoms with Gasteiger partial charge in [-0.15, -0.1) is 0 Å². The zero-order valence-corrected chi connectivity index (χ0v) is 19.3. The monoisotopic (exact) mass is 466 g/mol. The molecule has 3 aromatic carbocycles. The Morgan fingerprint density at radius 3 is 2.38 bits per heavy atom. The fourth-order valence-electron chi connectivity index (χ4n) is 4.11. The van der Waals surface area contributed by atoms with Crippen LogP contribution in [0.15, 0.2) is 72.8 Å². The van der Waals surface area contributed by atoms with Gasteiger partial charge in [-0.05, 0) is 28.0 Å². The minimum absolute atomic E-state index is 0.117. The molecule has 1 aliphatic heterocycles. The molecule has 0 spiro atoms. The molecule has 0 aliphatic carbocycles. The van der Waals surface area contributed by atoms with Gasteiger partial charge in [-0.25, -0.2) is 0 Å². The van der Waals surface area contributed by atoms with Gasteiger partial charge in [0, 0.05) is 14.0 Å². The molecule has 0 aromatic heterocycles. The second kappa shape index (κ2) is 11.6. The van der Waals surface area contributed by atoms with E-state index < -0.39 is 36.7 Å². The molecular weight excluding hydrogens is 436 g/mol. The molecule has 1 saturated heterocycles. The highest BCUT2D eigenvalue weighted by Crippen LogP contribution is 2.28. The third kappa shape index (κ3) is 6.00. The molecule has 1 aliphatic rings. The number of benzene rings is 3. The number of esters is 1. The Morgan fingerprint density at radius 1 is 0.912 bits per heavy atom. The number of carbonyl (C=O) groups excluding carboxylic acids is 1. The normalized spacial score (nSPS) is 24.7. The molecule has 34 heavy (non-hydrogen) atoms. The Balaban J connectivity index is 1.42. The number of aliphatic hydroxyl groups is 1. The molecule has 1 heterocycles. The first-order valence-corrected chi connectivity index (χ1v) is 11.3. The van der Waals surface area contributed by atoms with Gasteiger partial charge in [0.2, 0.25) is 0 Å². The Hall–Kier alpha value is -2.81. The zero-order valence-electron chi connectivity index (χ0n) is 19.3. The van der Waals surface area contributed by atoms with Gasteiger partial charge in [0.1, 0.15) is 18.3 Å². The number of fused-ring (bicyclic) bond motifs is 1. The van der Waals surface area contributed by atoms with Crippen LogP contribution in [0, 0.1) is 0 Å². The second-order valence-corrected chi connectivity index (χ2v) is 8.30. The van der Waals surface area contributed by atoms with Crippen molar-refractivity contribution >= 4 is 16.7 Å². The first-order valence-electron chi connectivity index (χ1n) is 11.3. The van der Waals surface area contributed by atoms with Crippen LogP contribution < -0.4 is 0 Å². The molecule has 4 rings (SSSR count). The van der Waals surface area contributed by atoms with Crippen LogP contribution in [-0.2, 0) is 41.7 Å². The van der Waals surface area contributed by atoms with E-state index in [-0.39, 0.29) is 13.2 Å². The van der Waals surface area contributed by atoms with Crippen LogP contribution in [0.2, 0.25) is 0 Å². The van der Waals surface area contributed by atoms with Crippen molar-refractivity contribution in [2.24, 2.45) is 0 Å². The highest BCUT2D eigenvalue weighted by Gasteiger charge is 2.48. The average Bonchev–Trinajstić information content (AvgIpc) is 2.85. The van der Waals surface area contributed by atoms with E-state index in [2.05, 4.69) is 24.3 Å². The van der Waals surface area contributed by atoms with E-state index >= 15 is 0 Å². The van der Waals surface area contributed by atoms with E-state index in [1.54, 1.807) is 0 Å². The summed E-state index contributed by atoms with van der Waals surface area (Å²) in [5, 5.41) is 13.4. The number of hydrogen-bond acceptors (Lipinski definition) is 7. The topological polar surface area (TPSA) is 83.5 Å². The highest BCUT2D eigenvalue weighted by molar-refractivity contribution is 5.82. The lowest BCUT2D eigenvalue weighted by molar-refractivity contribution is -0.307. The highest BCUT2D eigenvalue weighted by atomic mass is 16.7. The van der Waals surface area contributed by atoms with E-state index in [4.69, 9.17) is 23.7 Å². The van der Waals surface area contributed by atoms with Crippen molar-refractivity contribution < 1.29 is 33.6 Å². The maximum absolute atomic E-state index is 11.7. The summed E-state index contributed by atoms with van der Waals surface area (Å²) in [7, 11) is 1.46. The molecule has 180 valence electrons. The number of methoxy groups -OCH3 is 1. The lowest BCUT2D eigenvalue weighted by Crippen LogP contribution is -2.61. The Bertz CT molecular complexity index is 1070. The van der Waals surface area contributed by atoms with E-state index in [9.17, 15) is 9.90 Å². The van der Waals surface area contributed by atoms with Crippen molar-refractivity contribution in [3.8, 4) is 0 Å². The van der Waals surface area contributed by atoms with Gasteiger partial charge in [0.25, 0.3) is 0 Å². The summed E-state index contributed by atoms with van der Waals surface area (Å²) in [6.07, 6.45) is -4.48. The lowest BCUT2D eigenvalue weighted by Gasteiger charge is -2.43. The minimum atomic E-state index is -1.09. The predicted octanol–water partition coefficient (Wildman–Crippen LogP) is 3.61. The van der Waals surface area contributed by atoms with Crippen LogP contribution >= 0.6 is 0 Å². The largest absolute Gasteiger partial charge is 0.454 e. The van der Waals surface area contributed by atoms with Gasteiger partial charge < -0.3 is 28.8 Å². The fourth-order valence-corrected chi connectivity index (χ4v) is 4.11. The number of rotatable bonds is 9. The molecule has 0 bridgehead atoms. The quantitative estimate of drug-likeness (QED) is 0.483. The van der Waals surface area contributed by atoms with Crippen LogP contribution in [0.25, 0.3) is 10.8 Å². The van der Waals surface area contributed by atoms with Crippen LogP contribution in [0.4, 0.5) is 0 Å². The smallest absolute Gasteiger partial charge is 0.303 e.